The SMILES string of the molecule is Cc1ccc(S(=O)(=O)OCC2(C#N)CN(C(=O)OC(C)(C)C)C2)cc1. The summed E-state index contributed by atoms with van der Waals surface area (Å²) < 4.78 is 34.7. The lowest BCUT2D eigenvalue weighted by atomic mass is 9.83. The third kappa shape index (κ3) is 4.71. The number of rotatable bonds is 4. The molecule has 1 aromatic carbocycles. The summed E-state index contributed by atoms with van der Waals surface area (Å²) in [6, 6.07) is 8.31. The summed E-state index contributed by atoms with van der Waals surface area (Å²) in [6.45, 7) is 6.93. The quantitative estimate of drug-likeness (QED) is 0.760. The highest BCUT2D eigenvalue weighted by atomic mass is 32.2. The number of ether oxygens (including phenoxy) is 1. The molecule has 1 amide bonds. The highest BCUT2D eigenvalue weighted by Crippen LogP contribution is 2.32. The molecule has 25 heavy (non-hydrogen) atoms. The summed E-state index contributed by atoms with van der Waals surface area (Å²) in [7, 11) is -3.95. The van der Waals surface area contributed by atoms with Gasteiger partial charge in [0.1, 0.15) is 11.0 Å². The Balaban J connectivity index is 1.97. The molecule has 1 heterocycles. The standard InChI is InChI=1S/C17H22N2O5S/c1-13-5-7-14(8-6-13)25(21,22)23-12-17(9-18)10-19(11-17)15(20)24-16(2,3)4/h5-8H,10-12H2,1-4H3. The van der Waals surface area contributed by atoms with Crippen LogP contribution in [0, 0.1) is 23.7 Å². The molecule has 0 unspecified atom stereocenters. The van der Waals surface area contributed by atoms with Crippen molar-refractivity contribution in [2.24, 2.45) is 5.41 Å². The van der Waals surface area contributed by atoms with Crippen LogP contribution in [0.3, 0.4) is 0 Å². The van der Waals surface area contributed by atoms with Gasteiger partial charge in [-0.15, -0.1) is 0 Å². The molecule has 136 valence electrons. The maximum Gasteiger partial charge on any atom is 0.410 e. The predicted molar refractivity (Wildman–Crippen MR) is 90.2 cm³/mol. The van der Waals surface area contributed by atoms with Crippen LogP contribution >= 0.6 is 0 Å². The number of carbonyl (C=O) groups is 1. The third-order valence-corrected chi connectivity index (χ3v) is 4.95. The van der Waals surface area contributed by atoms with Crippen LogP contribution in [0.5, 0.6) is 0 Å². The monoisotopic (exact) mass is 366 g/mol. The van der Waals surface area contributed by atoms with E-state index in [4.69, 9.17) is 8.92 Å². The van der Waals surface area contributed by atoms with Crippen molar-refractivity contribution in [1.29, 1.82) is 5.26 Å². The Labute approximate surface area is 148 Å². The second-order valence-electron chi connectivity index (χ2n) is 7.26. The van der Waals surface area contributed by atoms with E-state index in [1.54, 1.807) is 32.9 Å². The molecule has 0 aliphatic carbocycles. The number of benzene rings is 1. The Hall–Kier alpha value is -2.11. The second-order valence-corrected chi connectivity index (χ2v) is 8.87. The van der Waals surface area contributed by atoms with Gasteiger partial charge < -0.3 is 9.64 Å². The lowest BCUT2D eigenvalue weighted by Gasteiger charge is -2.44. The fourth-order valence-electron chi connectivity index (χ4n) is 2.30. The Kier molecular flexibility index (Phi) is 5.11. The molecule has 8 heteroatoms. The molecule has 1 aromatic rings. The zero-order valence-corrected chi connectivity index (χ0v) is 15.6. The first-order valence-electron chi connectivity index (χ1n) is 7.82. The van der Waals surface area contributed by atoms with Crippen LogP contribution in [0.1, 0.15) is 26.3 Å². The number of likely N-dealkylation sites (tertiary alicyclic amines) is 1. The molecule has 0 atom stereocenters. The zero-order chi connectivity index (χ0) is 18.9. The lowest BCUT2D eigenvalue weighted by Crippen LogP contribution is -2.60. The van der Waals surface area contributed by atoms with E-state index in [9.17, 15) is 18.5 Å². The van der Waals surface area contributed by atoms with Crippen molar-refractivity contribution in [3.8, 4) is 6.07 Å². The summed E-state index contributed by atoms with van der Waals surface area (Å²) in [5, 5.41) is 9.37. The highest BCUT2D eigenvalue weighted by molar-refractivity contribution is 7.86. The summed E-state index contributed by atoms with van der Waals surface area (Å²) in [6.07, 6.45) is -0.528. The van der Waals surface area contributed by atoms with E-state index in [1.165, 1.54) is 17.0 Å². The minimum Gasteiger partial charge on any atom is -0.444 e. The number of nitrogens with zero attached hydrogens (tertiary/aromatic N) is 2. The van der Waals surface area contributed by atoms with Crippen LogP contribution in [0.4, 0.5) is 4.79 Å². The summed E-state index contributed by atoms with van der Waals surface area (Å²) in [5.41, 5.74) is -0.749. The molecule has 7 nitrogen and oxygen atoms in total. The number of amides is 1. The average Bonchev–Trinajstić information content (AvgIpc) is 2.45. The molecular weight excluding hydrogens is 344 g/mol. The molecule has 1 saturated heterocycles. The Morgan fingerprint density at radius 1 is 1.28 bits per heavy atom. The first kappa shape index (κ1) is 19.2. The predicted octanol–water partition coefficient (Wildman–Crippen LogP) is 2.46. The number of aryl methyl sites for hydroxylation is 1. The van der Waals surface area contributed by atoms with Gasteiger partial charge in [-0.3, -0.25) is 4.18 Å². The molecule has 0 N–H and O–H groups in total. The van der Waals surface area contributed by atoms with Gasteiger partial charge in [0.2, 0.25) is 0 Å². The van der Waals surface area contributed by atoms with Gasteiger partial charge in [0, 0.05) is 13.1 Å². The fourth-order valence-corrected chi connectivity index (χ4v) is 3.28. The maximum absolute atomic E-state index is 12.2. The van der Waals surface area contributed by atoms with Gasteiger partial charge in [-0.25, -0.2) is 4.79 Å². The van der Waals surface area contributed by atoms with Gasteiger partial charge in [0.15, 0.2) is 0 Å². The van der Waals surface area contributed by atoms with Crippen molar-refractivity contribution >= 4 is 16.2 Å². The minimum absolute atomic E-state index is 0.0366. The van der Waals surface area contributed by atoms with Crippen LogP contribution in [-0.4, -0.2) is 44.7 Å². The zero-order valence-electron chi connectivity index (χ0n) is 14.8. The molecule has 1 fully saturated rings. The molecular formula is C17H22N2O5S. The first-order chi connectivity index (χ1) is 11.5. The number of nitriles is 1. The van der Waals surface area contributed by atoms with Crippen LogP contribution in [0.25, 0.3) is 0 Å². The van der Waals surface area contributed by atoms with E-state index >= 15 is 0 Å². The molecule has 0 aromatic heterocycles. The summed E-state index contributed by atoms with van der Waals surface area (Å²) >= 11 is 0. The van der Waals surface area contributed by atoms with E-state index < -0.39 is 27.2 Å². The summed E-state index contributed by atoms with van der Waals surface area (Å²) in [5.74, 6) is 0. The van der Waals surface area contributed by atoms with Crippen molar-refractivity contribution in [1.82, 2.24) is 4.90 Å². The second kappa shape index (κ2) is 6.65. The van der Waals surface area contributed by atoms with Gasteiger partial charge in [-0.1, -0.05) is 17.7 Å². The largest absolute Gasteiger partial charge is 0.444 e. The van der Waals surface area contributed by atoms with Crippen LogP contribution in [0.2, 0.25) is 0 Å². The molecule has 1 aliphatic rings. The number of hydrogen-bond donors (Lipinski definition) is 0. The van der Waals surface area contributed by atoms with E-state index in [0.717, 1.165) is 5.56 Å². The molecule has 0 bridgehead atoms. The van der Waals surface area contributed by atoms with Gasteiger partial charge >= 0.3 is 6.09 Å². The van der Waals surface area contributed by atoms with Crippen LogP contribution < -0.4 is 0 Å². The molecule has 1 aliphatic heterocycles. The van der Waals surface area contributed by atoms with Crippen molar-refractivity contribution in [2.45, 2.75) is 38.2 Å². The van der Waals surface area contributed by atoms with E-state index in [2.05, 4.69) is 6.07 Å². The van der Waals surface area contributed by atoms with E-state index in [1.807, 2.05) is 6.92 Å². The Bertz CT molecular complexity index is 782. The topological polar surface area (TPSA) is 96.7 Å². The van der Waals surface area contributed by atoms with E-state index in [0.29, 0.717) is 0 Å². The fraction of sp³-hybridized carbons (Fsp3) is 0.529. The maximum atomic E-state index is 12.2. The van der Waals surface area contributed by atoms with Crippen molar-refractivity contribution in [3.05, 3.63) is 29.8 Å². The summed E-state index contributed by atoms with van der Waals surface area (Å²) in [4.78, 5) is 13.3. The van der Waals surface area contributed by atoms with Crippen molar-refractivity contribution in [2.75, 3.05) is 19.7 Å². The van der Waals surface area contributed by atoms with E-state index in [-0.39, 0.29) is 24.6 Å². The Morgan fingerprint density at radius 2 is 1.84 bits per heavy atom. The van der Waals surface area contributed by atoms with Crippen LogP contribution in [0.15, 0.2) is 29.2 Å². The smallest absolute Gasteiger partial charge is 0.410 e. The molecule has 0 saturated carbocycles. The number of carbonyl (C=O) groups excluding carboxylic acids is 1. The van der Waals surface area contributed by atoms with Crippen molar-refractivity contribution < 1.29 is 22.1 Å². The minimum atomic E-state index is -3.95. The lowest BCUT2D eigenvalue weighted by molar-refractivity contribution is -0.0273. The molecule has 2 rings (SSSR count). The highest BCUT2D eigenvalue weighted by Gasteiger charge is 2.48. The van der Waals surface area contributed by atoms with Gasteiger partial charge in [0.05, 0.1) is 17.6 Å². The van der Waals surface area contributed by atoms with Crippen LogP contribution in [-0.2, 0) is 19.0 Å². The third-order valence-electron chi connectivity index (χ3n) is 3.68. The van der Waals surface area contributed by atoms with Gasteiger partial charge in [-0.2, -0.15) is 13.7 Å². The first-order valence-corrected chi connectivity index (χ1v) is 9.23. The molecule has 0 spiro atoms. The number of hydrogen-bond acceptors (Lipinski definition) is 6. The Morgan fingerprint density at radius 3 is 2.32 bits per heavy atom. The van der Waals surface area contributed by atoms with Crippen molar-refractivity contribution in [3.63, 3.8) is 0 Å². The van der Waals surface area contributed by atoms with Gasteiger partial charge in [-0.05, 0) is 39.8 Å². The average molecular weight is 366 g/mol. The van der Waals surface area contributed by atoms with Gasteiger partial charge in [0.25, 0.3) is 10.1 Å². The normalized spacial score (nSPS) is 16.7. The molecule has 0 radical (unpaired) electrons.